The van der Waals surface area contributed by atoms with E-state index in [0.717, 1.165) is 24.3 Å². The number of nitro groups is 1. The lowest BCUT2D eigenvalue weighted by atomic mass is 9.76. The molecule has 0 heterocycles. The fourth-order valence-corrected chi connectivity index (χ4v) is 3.25. The van der Waals surface area contributed by atoms with Crippen LogP contribution in [0.5, 0.6) is 0 Å². The van der Waals surface area contributed by atoms with Gasteiger partial charge in [-0.3, -0.25) is 10.1 Å². The van der Waals surface area contributed by atoms with Gasteiger partial charge < -0.3 is 5.32 Å². The van der Waals surface area contributed by atoms with Crippen molar-refractivity contribution in [1.82, 2.24) is 5.32 Å². The highest BCUT2D eigenvalue weighted by Crippen LogP contribution is 2.33. The Bertz CT molecular complexity index is 448. The van der Waals surface area contributed by atoms with Crippen molar-refractivity contribution < 1.29 is 4.92 Å². The summed E-state index contributed by atoms with van der Waals surface area (Å²) in [6, 6.07) is 7.61. The molecular weight excluding hydrogens is 240 g/mol. The maximum atomic E-state index is 11.1. The zero-order chi connectivity index (χ0) is 13.8. The van der Waals surface area contributed by atoms with Crippen LogP contribution in [0.4, 0.5) is 5.69 Å². The number of rotatable bonds is 4. The van der Waals surface area contributed by atoms with E-state index in [1.165, 1.54) is 12.8 Å². The van der Waals surface area contributed by atoms with Crippen LogP contribution in [0.3, 0.4) is 0 Å². The van der Waals surface area contributed by atoms with Gasteiger partial charge in [0.15, 0.2) is 0 Å². The van der Waals surface area contributed by atoms with Gasteiger partial charge in [0, 0.05) is 17.7 Å². The zero-order valence-corrected chi connectivity index (χ0v) is 11.6. The van der Waals surface area contributed by atoms with E-state index in [-0.39, 0.29) is 10.6 Å². The van der Waals surface area contributed by atoms with Gasteiger partial charge in [-0.2, -0.15) is 0 Å². The molecule has 1 saturated carbocycles. The average Bonchev–Trinajstić information content (AvgIpc) is 2.39. The summed E-state index contributed by atoms with van der Waals surface area (Å²) in [6.07, 6.45) is 4.37. The van der Waals surface area contributed by atoms with E-state index in [4.69, 9.17) is 0 Å². The van der Waals surface area contributed by atoms with E-state index < -0.39 is 0 Å². The van der Waals surface area contributed by atoms with Gasteiger partial charge in [-0.05, 0) is 44.6 Å². The number of nitrogens with one attached hydrogen (secondary N) is 1. The molecule has 0 bridgehead atoms. The summed E-state index contributed by atoms with van der Waals surface area (Å²) in [4.78, 5) is 10.8. The minimum absolute atomic E-state index is 0.260. The van der Waals surface area contributed by atoms with Gasteiger partial charge in [0.05, 0.1) is 4.92 Å². The smallest absolute Gasteiger partial charge is 0.272 e. The topological polar surface area (TPSA) is 55.2 Å². The maximum Gasteiger partial charge on any atom is 0.272 e. The summed E-state index contributed by atoms with van der Waals surface area (Å²) < 4.78 is 0. The molecule has 4 heteroatoms. The lowest BCUT2D eigenvalue weighted by Crippen LogP contribution is -2.39. The first-order chi connectivity index (χ1) is 9.11. The Hall–Kier alpha value is -1.42. The number of hydrogen-bond donors (Lipinski definition) is 1. The molecule has 1 fully saturated rings. The van der Waals surface area contributed by atoms with Gasteiger partial charge in [0.25, 0.3) is 5.69 Å². The molecule has 1 aromatic carbocycles. The van der Waals surface area contributed by atoms with Crippen molar-refractivity contribution in [3.05, 3.63) is 39.9 Å². The van der Waals surface area contributed by atoms with Crippen molar-refractivity contribution >= 4 is 5.69 Å². The third-order valence-electron chi connectivity index (χ3n) is 4.29. The third-order valence-corrected chi connectivity index (χ3v) is 4.29. The molecule has 1 N–H and O–H groups in total. The number of hydrogen-bond acceptors (Lipinski definition) is 3. The standard InChI is InChI=1S/C15H22N2O2/c1-11-7-8-14(16-2)13(9-11)10-12-5-3-4-6-15(12)17(18)19/h3-6,11,13-14,16H,7-10H2,1-2H3. The van der Waals surface area contributed by atoms with Crippen molar-refractivity contribution in [3.8, 4) is 0 Å². The van der Waals surface area contributed by atoms with Crippen LogP contribution in [0.25, 0.3) is 0 Å². The summed E-state index contributed by atoms with van der Waals surface area (Å²) in [6.45, 7) is 2.28. The summed E-state index contributed by atoms with van der Waals surface area (Å²) in [5, 5.41) is 14.4. The van der Waals surface area contributed by atoms with Crippen molar-refractivity contribution in [3.63, 3.8) is 0 Å². The lowest BCUT2D eigenvalue weighted by molar-refractivity contribution is -0.385. The largest absolute Gasteiger partial charge is 0.317 e. The minimum Gasteiger partial charge on any atom is -0.317 e. The summed E-state index contributed by atoms with van der Waals surface area (Å²) in [7, 11) is 1.99. The molecule has 0 radical (unpaired) electrons. The van der Waals surface area contributed by atoms with Gasteiger partial charge in [0.2, 0.25) is 0 Å². The van der Waals surface area contributed by atoms with Crippen LogP contribution in [-0.2, 0) is 6.42 Å². The lowest BCUT2D eigenvalue weighted by Gasteiger charge is -2.34. The van der Waals surface area contributed by atoms with Crippen LogP contribution >= 0.6 is 0 Å². The van der Waals surface area contributed by atoms with Crippen LogP contribution < -0.4 is 5.32 Å². The second-order valence-electron chi connectivity index (χ2n) is 5.66. The fourth-order valence-electron chi connectivity index (χ4n) is 3.25. The Morgan fingerprint density at radius 1 is 1.37 bits per heavy atom. The molecular formula is C15H22N2O2. The minimum atomic E-state index is -0.268. The predicted molar refractivity (Wildman–Crippen MR) is 76.2 cm³/mol. The Kier molecular flexibility index (Phi) is 4.53. The highest BCUT2D eigenvalue weighted by atomic mass is 16.6. The quantitative estimate of drug-likeness (QED) is 0.670. The Balaban J connectivity index is 2.17. The number of nitro benzene ring substituents is 1. The van der Waals surface area contributed by atoms with Gasteiger partial charge in [0.1, 0.15) is 0 Å². The molecule has 0 amide bonds. The maximum absolute atomic E-state index is 11.1. The van der Waals surface area contributed by atoms with Gasteiger partial charge in [-0.15, -0.1) is 0 Å². The summed E-state index contributed by atoms with van der Waals surface area (Å²) in [5.41, 5.74) is 1.13. The van der Waals surface area contributed by atoms with E-state index in [2.05, 4.69) is 12.2 Å². The number of benzene rings is 1. The first-order valence-electron chi connectivity index (χ1n) is 7.01. The zero-order valence-electron chi connectivity index (χ0n) is 11.6. The normalized spacial score (nSPS) is 27.2. The van der Waals surface area contributed by atoms with Crippen molar-refractivity contribution in [2.75, 3.05) is 7.05 Å². The predicted octanol–water partition coefficient (Wildman–Crippen LogP) is 3.16. The SMILES string of the molecule is CNC1CCC(C)CC1Cc1ccccc1[N+](=O)[O-]. The molecule has 4 nitrogen and oxygen atoms in total. The van der Waals surface area contributed by atoms with E-state index in [1.807, 2.05) is 19.2 Å². The highest BCUT2D eigenvalue weighted by Gasteiger charge is 2.29. The fraction of sp³-hybridized carbons (Fsp3) is 0.600. The molecule has 1 aliphatic rings. The van der Waals surface area contributed by atoms with Gasteiger partial charge in [-0.1, -0.05) is 25.1 Å². The number of para-hydroxylation sites is 1. The van der Waals surface area contributed by atoms with Crippen molar-refractivity contribution in [1.29, 1.82) is 0 Å². The van der Waals surface area contributed by atoms with E-state index in [1.54, 1.807) is 12.1 Å². The third kappa shape index (κ3) is 3.32. The molecule has 0 aromatic heterocycles. The molecule has 104 valence electrons. The Labute approximate surface area is 114 Å². The van der Waals surface area contributed by atoms with E-state index >= 15 is 0 Å². The molecule has 3 unspecified atom stereocenters. The molecule has 3 atom stereocenters. The van der Waals surface area contributed by atoms with Crippen LogP contribution in [0, 0.1) is 22.0 Å². The van der Waals surface area contributed by atoms with E-state index in [9.17, 15) is 10.1 Å². The second kappa shape index (κ2) is 6.15. The number of nitrogens with zero attached hydrogens (tertiary/aromatic N) is 1. The van der Waals surface area contributed by atoms with Crippen molar-refractivity contribution in [2.24, 2.45) is 11.8 Å². The molecule has 19 heavy (non-hydrogen) atoms. The molecule has 0 aliphatic heterocycles. The first-order valence-corrected chi connectivity index (χ1v) is 7.01. The van der Waals surface area contributed by atoms with Gasteiger partial charge >= 0.3 is 0 Å². The first kappa shape index (κ1) is 14.0. The second-order valence-corrected chi connectivity index (χ2v) is 5.66. The molecule has 1 aliphatic carbocycles. The van der Waals surface area contributed by atoms with Gasteiger partial charge in [-0.25, -0.2) is 0 Å². The Morgan fingerprint density at radius 2 is 2.11 bits per heavy atom. The summed E-state index contributed by atoms with van der Waals surface area (Å²) >= 11 is 0. The van der Waals surface area contributed by atoms with Crippen LogP contribution in [-0.4, -0.2) is 18.0 Å². The monoisotopic (exact) mass is 262 g/mol. The molecule has 1 aromatic rings. The van der Waals surface area contributed by atoms with Crippen LogP contribution in [0.1, 0.15) is 31.7 Å². The Morgan fingerprint density at radius 3 is 2.79 bits per heavy atom. The summed E-state index contributed by atoms with van der Waals surface area (Å²) in [5.74, 6) is 1.22. The van der Waals surface area contributed by atoms with Crippen LogP contribution in [0.2, 0.25) is 0 Å². The molecule has 0 saturated heterocycles. The average molecular weight is 262 g/mol. The van der Waals surface area contributed by atoms with Crippen LogP contribution in [0.15, 0.2) is 24.3 Å². The molecule has 0 spiro atoms. The van der Waals surface area contributed by atoms with Crippen molar-refractivity contribution in [2.45, 2.75) is 38.6 Å². The molecule has 2 rings (SSSR count). The van der Waals surface area contributed by atoms with E-state index in [0.29, 0.717) is 12.0 Å². The highest BCUT2D eigenvalue weighted by molar-refractivity contribution is 5.40.